The summed E-state index contributed by atoms with van der Waals surface area (Å²) in [7, 11) is 0. The molecular formula is C24H30N2O2S2. The van der Waals surface area contributed by atoms with Crippen LogP contribution in [-0.2, 0) is 11.3 Å². The fourth-order valence-corrected chi connectivity index (χ4v) is 6.75. The van der Waals surface area contributed by atoms with Gasteiger partial charge in [-0.3, -0.25) is 9.69 Å². The molecule has 0 aromatic heterocycles. The zero-order chi connectivity index (χ0) is 20.6. The average Bonchev–Trinajstić information content (AvgIpc) is 3.05. The lowest BCUT2D eigenvalue weighted by Gasteiger charge is -2.22. The van der Waals surface area contributed by atoms with E-state index >= 15 is 0 Å². The maximum Gasteiger partial charge on any atom is 0.260 e. The molecule has 0 spiro atoms. The van der Waals surface area contributed by atoms with E-state index in [1.807, 2.05) is 46.6 Å². The smallest absolute Gasteiger partial charge is 0.260 e. The molecule has 0 bridgehead atoms. The first-order valence-electron chi connectivity index (χ1n) is 10.8. The maximum absolute atomic E-state index is 12.7. The van der Waals surface area contributed by atoms with Crippen molar-refractivity contribution in [1.82, 2.24) is 9.80 Å². The minimum Gasteiger partial charge on any atom is -0.484 e. The van der Waals surface area contributed by atoms with Crippen LogP contribution >= 0.6 is 23.5 Å². The van der Waals surface area contributed by atoms with E-state index in [0.717, 1.165) is 44.9 Å². The van der Waals surface area contributed by atoms with Crippen LogP contribution in [0.15, 0.2) is 54.6 Å². The van der Waals surface area contributed by atoms with E-state index in [1.165, 1.54) is 29.1 Å². The molecule has 0 N–H and O–H groups in total. The molecule has 0 aliphatic carbocycles. The Labute approximate surface area is 188 Å². The van der Waals surface area contributed by atoms with Gasteiger partial charge in [0.15, 0.2) is 6.61 Å². The zero-order valence-corrected chi connectivity index (χ0v) is 19.0. The fourth-order valence-electron chi connectivity index (χ4n) is 3.86. The summed E-state index contributed by atoms with van der Waals surface area (Å²) >= 11 is 4.04. The van der Waals surface area contributed by atoms with Crippen molar-refractivity contribution in [3.05, 3.63) is 65.7 Å². The zero-order valence-electron chi connectivity index (χ0n) is 17.4. The quantitative estimate of drug-likeness (QED) is 0.649. The second-order valence-corrected chi connectivity index (χ2v) is 10.5. The lowest BCUT2D eigenvalue weighted by molar-refractivity contribution is -0.133. The molecule has 4 nitrogen and oxygen atoms in total. The number of carbonyl (C=O) groups is 1. The highest BCUT2D eigenvalue weighted by Crippen LogP contribution is 2.43. The first kappa shape index (κ1) is 21.6. The maximum atomic E-state index is 12.7. The van der Waals surface area contributed by atoms with Crippen molar-refractivity contribution < 1.29 is 9.53 Å². The van der Waals surface area contributed by atoms with Gasteiger partial charge in [-0.25, -0.2) is 0 Å². The molecule has 30 heavy (non-hydrogen) atoms. The lowest BCUT2D eigenvalue weighted by Crippen LogP contribution is -2.38. The number of hydrogen-bond acceptors (Lipinski definition) is 5. The van der Waals surface area contributed by atoms with Gasteiger partial charge in [0.1, 0.15) is 5.75 Å². The van der Waals surface area contributed by atoms with Crippen molar-refractivity contribution >= 4 is 29.4 Å². The van der Waals surface area contributed by atoms with Gasteiger partial charge in [0, 0.05) is 32.7 Å². The van der Waals surface area contributed by atoms with Gasteiger partial charge < -0.3 is 9.64 Å². The molecule has 0 atom stereocenters. The number of hydrogen-bond donors (Lipinski definition) is 0. The molecule has 4 rings (SSSR count). The number of carbonyl (C=O) groups excluding carboxylic acids is 1. The van der Waals surface area contributed by atoms with Crippen molar-refractivity contribution in [2.45, 2.75) is 24.0 Å². The van der Waals surface area contributed by atoms with Crippen LogP contribution in [-0.4, -0.2) is 60.0 Å². The third kappa shape index (κ3) is 6.19. The van der Waals surface area contributed by atoms with Gasteiger partial charge in [-0.15, -0.1) is 23.5 Å². The monoisotopic (exact) mass is 442 g/mol. The normalized spacial score (nSPS) is 18.7. The molecule has 0 unspecified atom stereocenters. The summed E-state index contributed by atoms with van der Waals surface area (Å²) in [5.74, 6) is 3.34. The molecule has 2 heterocycles. The number of rotatable bonds is 6. The van der Waals surface area contributed by atoms with Crippen LogP contribution in [0.5, 0.6) is 5.75 Å². The molecule has 0 saturated carbocycles. The molecule has 2 aliphatic rings. The van der Waals surface area contributed by atoms with Crippen LogP contribution in [0, 0.1) is 0 Å². The first-order valence-corrected chi connectivity index (χ1v) is 12.9. The van der Waals surface area contributed by atoms with Crippen molar-refractivity contribution in [3.8, 4) is 5.75 Å². The Morgan fingerprint density at radius 1 is 0.900 bits per heavy atom. The van der Waals surface area contributed by atoms with Gasteiger partial charge in [0.25, 0.3) is 5.91 Å². The van der Waals surface area contributed by atoms with E-state index in [9.17, 15) is 4.79 Å². The topological polar surface area (TPSA) is 32.8 Å². The van der Waals surface area contributed by atoms with Crippen LogP contribution in [0.2, 0.25) is 0 Å². The van der Waals surface area contributed by atoms with Gasteiger partial charge in [-0.05, 0) is 47.6 Å². The summed E-state index contributed by atoms with van der Waals surface area (Å²) in [4.78, 5) is 17.1. The highest BCUT2D eigenvalue weighted by atomic mass is 32.2. The van der Waals surface area contributed by atoms with Crippen molar-refractivity contribution in [2.24, 2.45) is 0 Å². The number of ether oxygens (including phenoxy) is 1. The van der Waals surface area contributed by atoms with Crippen LogP contribution in [0.3, 0.4) is 0 Å². The average molecular weight is 443 g/mol. The molecule has 0 radical (unpaired) electrons. The van der Waals surface area contributed by atoms with Crippen LogP contribution < -0.4 is 4.74 Å². The Kier molecular flexibility index (Phi) is 8.01. The third-order valence-electron chi connectivity index (χ3n) is 5.53. The van der Waals surface area contributed by atoms with E-state index in [0.29, 0.717) is 4.58 Å². The van der Waals surface area contributed by atoms with Crippen LogP contribution in [0.4, 0.5) is 0 Å². The molecule has 6 heteroatoms. The molecule has 2 fully saturated rings. The molecule has 2 aliphatic heterocycles. The van der Waals surface area contributed by atoms with Gasteiger partial charge >= 0.3 is 0 Å². The van der Waals surface area contributed by atoms with Crippen LogP contribution in [0.25, 0.3) is 0 Å². The van der Waals surface area contributed by atoms with Crippen molar-refractivity contribution in [2.75, 3.05) is 44.3 Å². The number of thioether (sulfide) groups is 2. The number of benzene rings is 2. The number of nitrogens with zero attached hydrogens (tertiary/aromatic N) is 2. The van der Waals surface area contributed by atoms with Gasteiger partial charge in [0.2, 0.25) is 0 Å². The molecule has 1 amide bonds. The third-order valence-corrected chi connectivity index (χ3v) is 8.55. The predicted octanol–water partition coefficient (Wildman–Crippen LogP) is 4.67. The van der Waals surface area contributed by atoms with E-state index < -0.39 is 0 Å². The van der Waals surface area contributed by atoms with E-state index in [-0.39, 0.29) is 12.5 Å². The van der Waals surface area contributed by atoms with Gasteiger partial charge in [-0.1, -0.05) is 42.5 Å². The highest BCUT2D eigenvalue weighted by molar-refractivity contribution is 8.16. The van der Waals surface area contributed by atoms with Crippen LogP contribution in [0.1, 0.15) is 28.6 Å². The second kappa shape index (κ2) is 11.1. The summed E-state index contributed by atoms with van der Waals surface area (Å²) in [6.07, 6.45) is 2.31. The van der Waals surface area contributed by atoms with Gasteiger partial charge in [-0.2, -0.15) is 0 Å². The molecule has 2 aromatic carbocycles. The van der Waals surface area contributed by atoms with E-state index in [4.69, 9.17) is 4.74 Å². The Morgan fingerprint density at radius 2 is 1.67 bits per heavy atom. The summed E-state index contributed by atoms with van der Waals surface area (Å²) < 4.78 is 6.34. The molecule has 2 aromatic rings. The molecule has 160 valence electrons. The Balaban J connectivity index is 1.23. The van der Waals surface area contributed by atoms with E-state index in [1.54, 1.807) is 0 Å². The lowest BCUT2D eigenvalue weighted by atomic mass is 10.2. The highest BCUT2D eigenvalue weighted by Gasteiger charge is 2.20. The predicted molar refractivity (Wildman–Crippen MR) is 127 cm³/mol. The second-order valence-electron chi connectivity index (χ2n) is 7.78. The Hall–Kier alpha value is -1.63. The molecule has 2 saturated heterocycles. The summed E-state index contributed by atoms with van der Waals surface area (Å²) in [5.41, 5.74) is 2.67. The minimum absolute atomic E-state index is 0.0824. The fraction of sp³-hybridized carbons (Fsp3) is 0.458. The number of amides is 1. The van der Waals surface area contributed by atoms with Crippen molar-refractivity contribution in [1.29, 1.82) is 0 Å². The van der Waals surface area contributed by atoms with Gasteiger partial charge in [0.05, 0.1) is 4.58 Å². The summed E-state index contributed by atoms with van der Waals surface area (Å²) in [6.45, 7) is 4.57. The largest absolute Gasteiger partial charge is 0.484 e. The first-order chi connectivity index (χ1) is 14.8. The molecular weight excluding hydrogens is 412 g/mol. The van der Waals surface area contributed by atoms with Crippen molar-refractivity contribution in [3.63, 3.8) is 0 Å². The summed E-state index contributed by atoms with van der Waals surface area (Å²) in [6, 6.07) is 18.8. The minimum atomic E-state index is 0.0824. The van der Waals surface area contributed by atoms with E-state index in [2.05, 4.69) is 41.3 Å². The standard InChI is InChI=1S/C24H30N2O2S2/c27-23(19-28-22-10-8-21(9-11-22)24-29-16-5-17-30-24)26-13-4-12-25(14-15-26)18-20-6-2-1-3-7-20/h1-3,6-11,24H,4-5,12-19H2. The SMILES string of the molecule is O=C(COc1ccc(C2SCCCS2)cc1)N1CCCN(Cc2ccccc2)CC1. The summed E-state index contributed by atoms with van der Waals surface area (Å²) in [5, 5.41) is 0. The Bertz CT molecular complexity index is 795. The Morgan fingerprint density at radius 3 is 2.43 bits per heavy atom.